The van der Waals surface area contributed by atoms with Crippen molar-refractivity contribution in [3.8, 4) is 17.1 Å². The van der Waals surface area contributed by atoms with Crippen LogP contribution in [0.4, 0.5) is 0 Å². The number of hydrogen-bond acceptors (Lipinski definition) is 1. The monoisotopic (exact) mass is 412 g/mol. The van der Waals surface area contributed by atoms with Crippen molar-refractivity contribution in [3.05, 3.63) is 73.1 Å². The van der Waals surface area contributed by atoms with E-state index < -0.39 is 0 Å². The molecular weight excluding hydrogens is 400 g/mol. The molecule has 0 saturated heterocycles. The molecule has 0 unspecified atom stereocenters. The van der Waals surface area contributed by atoms with Crippen molar-refractivity contribution in [2.24, 2.45) is 0 Å². The summed E-state index contributed by atoms with van der Waals surface area (Å²) in [4.78, 5) is 4.39. The van der Waals surface area contributed by atoms with E-state index in [0.29, 0.717) is 0 Å². The molecular formula is C15H11IrN2-. The van der Waals surface area contributed by atoms with Crippen molar-refractivity contribution >= 4 is 0 Å². The van der Waals surface area contributed by atoms with Gasteiger partial charge in [0.05, 0.1) is 5.82 Å². The number of aromatic nitrogens is 2. The van der Waals surface area contributed by atoms with Crippen LogP contribution in [0.15, 0.2) is 67.0 Å². The van der Waals surface area contributed by atoms with Gasteiger partial charge in [-0.3, -0.25) is 4.98 Å². The smallest absolute Gasteiger partial charge is 0.0602 e. The van der Waals surface area contributed by atoms with Crippen LogP contribution in [-0.2, 0) is 20.1 Å². The maximum Gasteiger partial charge on any atom is 0.0602 e. The van der Waals surface area contributed by atoms with E-state index in [-0.39, 0.29) is 20.1 Å². The minimum Gasteiger partial charge on any atom is -0.340 e. The first-order valence-corrected chi connectivity index (χ1v) is 5.51. The van der Waals surface area contributed by atoms with E-state index in [1.807, 2.05) is 54.9 Å². The minimum absolute atomic E-state index is 0. The third-order valence-corrected chi connectivity index (χ3v) is 2.63. The van der Waals surface area contributed by atoms with Crippen LogP contribution in [0, 0.1) is 6.07 Å². The summed E-state index contributed by atoms with van der Waals surface area (Å²) in [6.07, 6.45) is 3.77. The predicted molar refractivity (Wildman–Crippen MR) is 67.8 cm³/mol. The van der Waals surface area contributed by atoms with E-state index in [2.05, 4.69) is 27.8 Å². The number of imidazole rings is 1. The van der Waals surface area contributed by atoms with Crippen LogP contribution < -0.4 is 0 Å². The fourth-order valence-corrected chi connectivity index (χ4v) is 1.83. The summed E-state index contributed by atoms with van der Waals surface area (Å²) in [5, 5.41) is 0. The first kappa shape index (κ1) is 12.7. The van der Waals surface area contributed by atoms with Crippen molar-refractivity contribution in [2.45, 2.75) is 0 Å². The number of rotatable bonds is 2. The zero-order valence-electron chi connectivity index (χ0n) is 9.58. The van der Waals surface area contributed by atoms with Gasteiger partial charge in [-0.15, -0.1) is 35.9 Å². The first-order valence-electron chi connectivity index (χ1n) is 5.51. The van der Waals surface area contributed by atoms with Crippen molar-refractivity contribution < 1.29 is 20.1 Å². The van der Waals surface area contributed by atoms with Crippen LogP contribution in [0.25, 0.3) is 17.1 Å². The largest absolute Gasteiger partial charge is 0.340 e. The van der Waals surface area contributed by atoms with E-state index in [1.165, 1.54) is 0 Å². The molecule has 91 valence electrons. The second kappa shape index (κ2) is 5.76. The maximum atomic E-state index is 4.39. The van der Waals surface area contributed by atoms with E-state index in [1.54, 1.807) is 0 Å². The van der Waals surface area contributed by atoms with Crippen molar-refractivity contribution in [1.29, 1.82) is 0 Å². The fraction of sp³-hybridized carbons (Fsp3) is 0. The topological polar surface area (TPSA) is 17.8 Å². The molecule has 1 heterocycles. The fourth-order valence-electron chi connectivity index (χ4n) is 1.83. The Morgan fingerprint density at radius 3 is 2.44 bits per heavy atom. The number of para-hydroxylation sites is 1. The van der Waals surface area contributed by atoms with Gasteiger partial charge in [0.25, 0.3) is 0 Å². The van der Waals surface area contributed by atoms with E-state index in [4.69, 9.17) is 0 Å². The van der Waals surface area contributed by atoms with Crippen LogP contribution in [0.5, 0.6) is 0 Å². The molecule has 3 aromatic rings. The van der Waals surface area contributed by atoms with Crippen LogP contribution in [0.2, 0.25) is 0 Å². The molecule has 0 fully saturated rings. The molecule has 3 heteroatoms. The molecule has 0 aliphatic carbocycles. The third kappa shape index (κ3) is 2.42. The van der Waals surface area contributed by atoms with Gasteiger partial charge in [0.15, 0.2) is 0 Å². The van der Waals surface area contributed by atoms with Gasteiger partial charge in [-0.05, 0) is 12.1 Å². The molecule has 18 heavy (non-hydrogen) atoms. The summed E-state index contributed by atoms with van der Waals surface area (Å²) in [5.74, 6) is 0.914. The van der Waals surface area contributed by atoms with Gasteiger partial charge in [0.1, 0.15) is 0 Å². The Labute approximate surface area is 120 Å². The minimum atomic E-state index is 0. The molecule has 1 aromatic heterocycles. The van der Waals surface area contributed by atoms with Crippen LogP contribution in [0.1, 0.15) is 0 Å². The second-order valence-corrected chi connectivity index (χ2v) is 3.73. The van der Waals surface area contributed by atoms with Gasteiger partial charge < -0.3 is 4.57 Å². The van der Waals surface area contributed by atoms with Gasteiger partial charge in [0, 0.05) is 38.2 Å². The SMILES string of the molecule is [Ir].[c-]1ccccc1-c1nccn1-c1ccccc1. The normalized spacial score (nSPS) is 9.78. The summed E-state index contributed by atoms with van der Waals surface area (Å²) in [6.45, 7) is 0. The Hall–Kier alpha value is -1.70. The Morgan fingerprint density at radius 2 is 1.72 bits per heavy atom. The predicted octanol–water partition coefficient (Wildman–Crippen LogP) is 3.34. The van der Waals surface area contributed by atoms with Gasteiger partial charge in [-0.1, -0.05) is 18.2 Å². The van der Waals surface area contributed by atoms with Crippen molar-refractivity contribution in [1.82, 2.24) is 9.55 Å². The van der Waals surface area contributed by atoms with Crippen LogP contribution in [-0.4, -0.2) is 9.55 Å². The molecule has 0 spiro atoms. The Bertz CT molecular complexity index is 549. The van der Waals surface area contributed by atoms with Gasteiger partial charge in [0.2, 0.25) is 0 Å². The van der Waals surface area contributed by atoms with Crippen molar-refractivity contribution in [2.75, 3.05) is 0 Å². The molecule has 0 N–H and O–H groups in total. The number of benzene rings is 2. The van der Waals surface area contributed by atoms with Crippen molar-refractivity contribution in [3.63, 3.8) is 0 Å². The molecule has 0 amide bonds. The molecule has 2 nitrogen and oxygen atoms in total. The van der Waals surface area contributed by atoms with Gasteiger partial charge in [-0.2, -0.15) is 0 Å². The first-order chi connectivity index (χ1) is 8.45. The summed E-state index contributed by atoms with van der Waals surface area (Å²) in [5.41, 5.74) is 2.11. The quantitative estimate of drug-likeness (QED) is 0.592. The summed E-state index contributed by atoms with van der Waals surface area (Å²) in [6, 6.07) is 21.2. The van der Waals surface area contributed by atoms with E-state index in [0.717, 1.165) is 17.1 Å². The molecule has 0 aliphatic heterocycles. The third-order valence-electron chi connectivity index (χ3n) is 2.63. The molecule has 0 saturated carbocycles. The average molecular weight is 411 g/mol. The zero-order chi connectivity index (χ0) is 11.5. The standard InChI is InChI=1S/C15H11N2.Ir/c1-3-7-13(8-4-1)15-16-11-12-17(15)14-9-5-2-6-10-14;/h1-7,9-12H;/q-1;. The maximum absolute atomic E-state index is 4.39. The summed E-state index contributed by atoms with van der Waals surface area (Å²) in [7, 11) is 0. The second-order valence-electron chi connectivity index (χ2n) is 3.73. The Balaban J connectivity index is 0.00000120. The number of hydrogen-bond donors (Lipinski definition) is 0. The molecule has 2 aromatic carbocycles. The van der Waals surface area contributed by atoms with Gasteiger partial charge in [-0.25, -0.2) is 0 Å². The molecule has 1 radical (unpaired) electrons. The molecule has 3 rings (SSSR count). The average Bonchev–Trinajstić information content (AvgIpc) is 2.90. The summed E-state index contributed by atoms with van der Waals surface area (Å²) >= 11 is 0. The molecule has 0 atom stereocenters. The van der Waals surface area contributed by atoms with Crippen LogP contribution >= 0.6 is 0 Å². The number of nitrogens with zero attached hydrogens (tertiary/aromatic N) is 2. The van der Waals surface area contributed by atoms with Gasteiger partial charge >= 0.3 is 0 Å². The Kier molecular flexibility index (Phi) is 4.08. The molecule has 0 aliphatic rings. The van der Waals surface area contributed by atoms with E-state index in [9.17, 15) is 0 Å². The zero-order valence-corrected chi connectivity index (χ0v) is 12.0. The Morgan fingerprint density at radius 1 is 0.944 bits per heavy atom. The summed E-state index contributed by atoms with van der Waals surface area (Å²) < 4.78 is 2.06. The van der Waals surface area contributed by atoms with E-state index >= 15 is 0 Å². The van der Waals surface area contributed by atoms with Crippen LogP contribution in [0.3, 0.4) is 0 Å². The molecule has 0 bridgehead atoms.